The van der Waals surface area contributed by atoms with Crippen molar-refractivity contribution < 1.29 is 14.8 Å². The SMILES string of the molecule is CN1Cc2cc(B(O)O)cnc2C1=O. The highest BCUT2D eigenvalue weighted by molar-refractivity contribution is 6.58. The van der Waals surface area contributed by atoms with Gasteiger partial charge in [-0.1, -0.05) is 6.07 Å². The van der Waals surface area contributed by atoms with E-state index in [1.165, 1.54) is 11.1 Å². The van der Waals surface area contributed by atoms with E-state index in [1.54, 1.807) is 13.1 Å². The van der Waals surface area contributed by atoms with Crippen LogP contribution in [-0.2, 0) is 6.54 Å². The molecule has 14 heavy (non-hydrogen) atoms. The maximum atomic E-state index is 11.4. The summed E-state index contributed by atoms with van der Waals surface area (Å²) in [5.41, 5.74) is 1.45. The second kappa shape index (κ2) is 3.07. The van der Waals surface area contributed by atoms with Gasteiger partial charge in [0.05, 0.1) is 0 Å². The Kier molecular flexibility index (Phi) is 2.01. The summed E-state index contributed by atoms with van der Waals surface area (Å²) in [7, 11) is 0.146. The van der Waals surface area contributed by atoms with Crippen molar-refractivity contribution in [3.63, 3.8) is 0 Å². The predicted octanol–water partition coefficient (Wildman–Crippen LogP) is -1.65. The van der Waals surface area contributed by atoms with Crippen LogP contribution in [0.3, 0.4) is 0 Å². The molecule has 0 saturated heterocycles. The van der Waals surface area contributed by atoms with Gasteiger partial charge >= 0.3 is 7.12 Å². The fourth-order valence-electron chi connectivity index (χ4n) is 1.49. The summed E-state index contributed by atoms with van der Waals surface area (Å²) >= 11 is 0. The zero-order valence-electron chi connectivity index (χ0n) is 7.64. The van der Waals surface area contributed by atoms with Gasteiger partial charge in [0.15, 0.2) is 0 Å². The van der Waals surface area contributed by atoms with E-state index in [1.807, 2.05) is 0 Å². The average molecular weight is 192 g/mol. The molecule has 1 aliphatic rings. The van der Waals surface area contributed by atoms with E-state index in [9.17, 15) is 4.79 Å². The number of pyridine rings is 1. The molecule has 5 nitrogen and oxygen atoms in total. The van der Waals surface area contributed by atoms with Crippen LogP contribution in [0.2, 0.25) is 0 Å². The minimum absolute atomic E-state index is 0.126. The molecule has 0 bridgehead atoms. The van der Waals surface area contributed by atoms with E-state index in [4.69, 9.17) is 10.0 Å². The molecular formula is C8H9BN2O3. The summed E-state index contributed by atoms with van der Waals surface area (Å²) in [6.07, 6.45) is 1.31. The first kappa shape index (κ1) is 9.17. The van der Waals surface area contributed by atoms with Gasteiger partial charge in [-0.15, -0.1) is 0 Å². The number of amides is 1. The fraction of sp³-hybridized carbons (Fsp3) is 0.250. The number of fused-ring (bicyclic) bond motifs is 1. The van der Waals surface area contributed by atoms with Gasteiger partial charge in [0.2, 0.25) is 0 Å². The predicted molar refractivity (Wildman–Crippen MR) is 49.9 cm³/mol. The second-order valence-electron chi connectivity index (χ2n) is 3.31. The third kappa shape index (κ3) is 1.28. The molecule has 1 aromatic rings. The Morgan fingerprint density at radius 2 is 2.29 bits per heavy atom. The van der Waals surface area contributed by atoms with Crippen molar-refractivity contribution in [1.29, 1.82) is 0 Å². The number of hydrogen-bond acceptors (Lipinski definition) is 4. The minimum atomic E-state index is -1.53. The molecule has 1 aromatic heterocycles. The lowest BCUT2D eigenvalue weighted by atomic mass is 9.81. The Bertz CT molecular complexity index is 394. The molecular weight excluding hydrogens is 183 g/mol. The smallest absolute Gasteiger partial charge is 0.423 e. The van der Waals surface area contributed by atoms with Gasteiger partial charge in [0.1, 0.15) is 5.69 Å². The highest BCUT2D eigenvalue weighted by Gasteiger charge is 2.27. The summed E-state index contributed by atoms with van der Waals surface area (Å²) in [5, 5.41) is 17.8. The van der Waals surface area contributed by atoms with Crippen LogP contribution in [-0.4, -0.2) is 40.0 Å². The molecule has 1 amide bonds. The Morgan fingerprint density at radius 3 is 2.93 bits per heavy atom. The first-order valence-corrected chi connectivity index (χ1v) is 4.20. The Labute approximate surface area is 81.1 Å². The summed E-state index contributed by atoms with van der Waals surface area (Å²) in [5.74, 6) is -0.126. The third-order valence-electron chi connectivity index (χ3n) is 2.24. The van der Waals surface area contributed by atoms with Gasteiger partial charge in [-0.3, -0.25) is 9.78 Å². The molecule has 2 rings (SSSR count). The Balaban J connectivity index is 2.44. The van der Waals surface area contributed by atoms with Crippen LogP contribution >= 0.6 is 0 Å². The molecule has 72 valence electrons. The van der Waals surface area contributed by atoms with Crippen molar-refractivity contribution in [2.75, 3.05) is 7.05 Å². The molecule has 1 aliphatic heterocycles. The number of nitrogens with zero attached hydrogens (tertiary/aromatic N) is 2. The summed E-state index contributed by atoms with van der Waals surface area (Å²) < 4.78 is 0. The van der Waals surface area contributed by atoms with Gasteiger partial charge in [-0.2, -0.15) is 0 Å². The van der Waals surface area contributed by atoms with Crippen LogP contribution in [0.1, 0.15) is 16.1 Å². The van der Waals surface area contributed by atoms with Crippen molar-refractivity contribution in [1.82, 2.24) is 9.88 Å². The van der Waals surface area contributed by atoms with Crippen molar-refractivity contribution in [2.45, 2.75) is 6.54 Å². The van der Waals surface area contributed by atoms with Crippen LogP contribution in [0.15, 0.2) is 12.3 Å². The first-order valence-electron chi connectivity index (χ1n) is 4.20. The Hall–Kier alpha value is -1.40. The molecule has 0 unspecified atom stereocenters. The lowest BCUT2D eigenvalue weighted by Gasteiger charge is -2.03. The normalized spacial score (nSPS) is 14.5. The van der Waals surface area contributed by atoms with Crippen LogP contribution in [0.25, 0.3) is 0 Å². The average Bonchev–Trinajstić information content (AvgIpc) is 2.42. The lowest BCUT2D eigenvalue weighted by Crippen LogP contribution is -2.30. The van der Waals surface area contributed by atoms with Crippen molar-refractivity contribution in [3.8, 4) is 0 Å². The fourth-order valence-corrected chi connectivity index (χ4v) is 1.49. The topological polar surface area (TPSA) is 73.7 Å². The van der Waals surface area contributed by atoms with Crippen molar-refractivity contribution in [2.24, 2.45) is 0 Å². The quantitative estimate of drug-likeness (QED) is 0.522. The van der Waals surface area contributed by atoms with Crippen LogP contribution in [0.5, 0.6) is 0 Å². The van der Waals surface area contributed by atoms with E-state index in [0.29, 0.717) is 17.7 Å². The van der Waals surface area contributed by atoms with E-state index in [-0.39, 0.29) is 5.91 Å². The zero-order valence-corrected chi connectivity index (χ0v) is 7.64. The maximum absolute atomic E-state index is 11.4. The molecule has 0 atom stereocenters. The second-order valence-corrected chi connectivity index (χ2v) is 3.31. The standard InChI is InChI=1S/C8H9BN2O3/c1-11-4-5-2-6(9(13)14)3-10-7(5)8(11)12/h2-3,13-14H,4H2,1H3. The van der Waals surface area contributed by atoms with Crippen LogP contribution in [0.4, 0.5) is 0 Å². The van der Waals surface area contributed by atoms with Gasteiger partial charge in [-0.25, -0.2) is 0 Å². The van der Waals surface area contributed by atoms with E-state index in [0.717, 1.165) is 5.56 Å². The van der Waals surface area contributed by atoms with Gasteiger partial charge in [0, 0.05) is 30.8 Å². The monoisotopic (exact) mass is 192 g/mol. The van der Waals surface area contributed by atoms with Gasteiger partial charge in [0.25, 0.3) is 5.91 Å². The number of carbonyl (C=O) groups excluding carboxylic acids is 1. The largest absolute Gasteiger partial charge is 0.490 e. The van der Waals surface area contributed by atoms with Crippen LogP contribution in [0, 0.1) is 0 Å². The van der Waals surface area contributed by atoms with Crippen molar-refractivity contribution in [3.05, 3.63) is 23.5 Å². The number of rotatable bonds is 1. The van der Waals surface area contributed by atoms with Crippen LogP contribution < -0.4 is 5.46 Å². The lowest BCUT2D eigenvalue weighted by molar-refractivity contribution is 0.0812. The Morgan fingerprint density at radius 1 is 1.57 bits per heavy atom. The number of carbonyl (C=O) groups is 1. The summed E-state index contributed by atoms with van der Waals surface area (Å²) in [6.45, 7) is 0.474. The van der Waals surface area contributed by atoms with E-state index >= 15 is 0 Å². The molecule has 0 saturated carbocycles. The van der Waals surface area contributed by atoms with Gasteiger partial charge < -0.3 is 14.9 Å². The number of aromatic nitrogens is 1. The zero-order chi connectivity index (χ0) is 10.3. The third-order valence-corrected chi connectivity index (χ3v) is 2.24. The molecule has 0 radical (unpaired) electrons. The highest BCUT2D eigenvalue weighted by atomic mass is 16.4. The minimum Gasteiger partial charge on any atom is -0.423 e. The van der Waals surface area contributed by atoms with E-state index < -0.39 is 7.12 Å². The molecule has 0 fully saturated rings. The highest BCUT2D eigenvalue weighted by Crippen LogP contribution is 2.17. The molecule has 0 aromatic carbocycles. The number of hydrogen-bond donors (Lipinski definition) is 2. The molecule has 2 heterocycles. The van der Waals surface area contributed by atoms with E-state index in [2.05, 4.69) is 4.98 Å². The summed E-state index contributed by atoms with van der Waals surface area (Å²) in [6, 6.07) is 1.59. The molecule has 0 aliphatic carbocycles. The summed E-state index contributed by atoms with van der Waals surface area (Å²) in [4.78, 5) is 16.8. The molecule has 6 heteroatoms. The molecule has 0 spiro atoms. The molecule has 2 N–H and O–H groups in total. The maximum Gasteiger partial charge on any atom is 0.490 e. The van der Waals surface area contributed by atoms with Gasteiger partial charge in [-0.05, 0) is 0 Å². The van der Waals surface area contributed by atoms with Crippen molar-refractivity contribution >= 4 is 18.5 Å². The first-order chi connectivity index (χ1) is 6.59.